The fourth-order valence-corrected chi connectivity index (χ4v) is 2.25. The first kappa shape index (κ1) is 15.2. The number of nitrogens with zero attached hydrogens (tertiary/aromatic N) is 1. The van der Waals surface area contributed by atoms with Gasteiger partial charge in [-0.1, -0.05) is 13.3 Å². The van der Waals surface area contributed by atoms with Crippen LogP contribution in [0, 0.1) is 0 Å². The maximum absolute atomic E-state index is 12.4. The molecular weight excluding hydrogens is 249 g/mol. The number of hydrogen-bond acceptors (Lipinski definition) is 3. The van der Waals surface area contributed by atoms with Crippen molar-refractivity contribution in [1.29, 1.82) is 0 Å². The molecule has 2 N–H and O–H groups in total. The summed E-state index contributed by atoms with van der Waals surface area (Å²) in [5.74, 6) is -0.273. The molecule has 0 radical (unpaired) electrons. The third-order valence-electron chi connectivity index (χ3n) is 3.36. The predicted molar refractivity (Wildman–Crippen MR) is 60.0 cm³/mol. The Balaban J connectivity index is 2.81. The Morgan fingerprint density at radius 2 is 2.17 bits per heavy atom. The van der Waals surface area contributed by atoms with E-state index in [0.29, 0.717) is 25.9 Å². The molecule has 1 rings (SSSR count). The summed E-state index contributed by atoms with van der Waals surface area (Å²) in [6.07, 6.45) is -5.92. The van der Waals surface area contributed by atoms with Crippen molar-refractivity contribution in [3.05, 3.63) is 0 Å². The zero-order valence-electron chi connectivity index (χ0n) is 10.5. The second-order valence-electron chi connectivity index (χ2n) is 4.78. The van der Waals surface area contributed by atoms with Crippen LogP contribution in [0.5, 0.6) is 0 Å². The minimum Gasteiger partial charge on any atom is -0.382 e. The van der Waals surface area contributed by atoms with Crippen LogP contribution < -0.4 is 5.32 Å². The first-order valence-electron chi connectivity index (χ1n) is 6.00. The van der Waals surface area contributed by atoms with Gasteiger partial charge < -0.3 is 10.4 Å². The summed E-state index contributed by atoms with van der Waals surface area (Å²) in [5, 5.41) is 11.8. The van der Waals surface area contributed by atoms with Gasteiger partial charge in [-0.15, -0.1) is 0 Å². The summed E-state index contributed by atoms with van der Waals surface area (Å²) in [4.78, 5) is 13.3. The molecule has 0 unspecified atom stereocenters. The van der Waals surface area contributed by atoms with Crippen molar-refractivity contribution >= 4 is 5.91 Å². The molecule has 7 heteroatoms. The normalized spacial score (nSPS) is 28.0. The predicted octanol–water partition coefficient (Wildman–Crippen LogP) is 0.900. The average molecular weight is 268 g/mol. The number of hydrogen-bond donors (Lipinski definition) is 2. The Hall–Kier alpha value is -0.820. The van der Waals surface area contributed by atoms with E-state index in [1.807, 2.05) is 6.92 Å². The van der Waals surface area contributed by atoms with E-state index in [-0.39, 0.29) is 5.91 Å². The van der Waals surface area contributed by atoms with Crippen LogP contribution in [0.1, 0.15) is 26.7 Å². The monoisotopic (exact) mass is 268 g/mol. The highest BCUT2D eigenvalue weighted by Crippen LogP contribution is 2.27. The smallest absolute Gasteiger partial charge is 0.382 e. The lowest BCUT2D eigenvalue weighted by Crippen LogP contribution is -2.65. The molecule has 0 saturated carbocycles. The highest BCUT2D eigenvalue weighted by molar-refractivity contribution is 5.86. The van der Waals surface area contributed by atoms with Gasteiger partial charge >= 0.3 is 6.18 Å². The molecule has 0 aromatic carbocycles. The number of amides is 1. The number of carbonyl (C=O) groups is 1. The molecule has 0 aromatic rings. The van der Waals surface area contributed by atoms with Crippen LogP contribution in [-0.2, 0) is 4.79 Å². The van der Waals surface area contributed by atoms with Crippen LogP contribution in [0.15, 0.2) is 0 Å². The van der Waals surface area contributed by atoms with E-state index in [0.717, 1.165) is 0 Å². The standard InChI is InChI=1S/C11H19F3N2O2/c1-3-4-10(2)9(18)15-5-6-16(10)7-8(17)11(12,13)14/h8,17H,3-7H2,1-2H3,(H,15,18)/t8-,10+/m1/s1. The summed E-state index contributed by atoms with van der Waals surface area (Å²) in [5.41, 5.74) is -0.973. The molecule has 1 aliphatic heterocycles. The van der Waals surface area contributed by atoms with E-state index >= 15 is 0 Å². The van der Waals surface area contributed by atoms with Crippen molar-refractivity contribution in [2.75, 3.05) is 19.6 Å². The summed E-state index contributed by atoms with van der Waals surface area (Å²) in [6, 6.07) is 0. The van der Waals surface area contributed by atoms with E-state index in [2.05, 4.69) is 5.32 Å². The molecule has 18 heavy (non-hydrogen) atoms. The van der Waals surface area contributed by atoms with E-state index < -0.39 is 24.4 Å². The minimum atomic E-state index is -4.65. The molecule has 1 heterocycles. The topological polar surface area (TPSA) is 52.6 Å². The Morgan fingerprint density at radius 3 is 2.67 bits per heavy atom. The number of halogens is 3. The van der Waals surface area contributed by atoms with Crippen molar-refractivity contribution in [3.63, 3.8) is 0 Å². The average Bonchev–Trinajstić information content (AvgIpc) is 2.24. The van der Waals surface area contributed by atoms with Gasteiger partial charge in [0, 0.05) is 19.6 Å². The Bertz CT molecular complexity index is 309. The molecule has 2 atom stereocenters. The summed E-state index contributed by atoms with van der Waals surface area (Å²) in [6.45, 7) is 3.55. The first-order chi connectivity index (χ1) is 8.21. The van der Waals surface area contributed by atoms with Crippen LogP contribution in [0.25, 0.3) is 0 Å². The molecule has 4 nitrogen and oxygen atoms in total. The van der Waals surface area contributed by atoms with Crippen LogP contribution in [0.3, 0.4) is 0 Å². The zero-order valence-corrected chi connectivity index (χ0v) is 10.5. The first-order valence-corrected chi connectivity index (χ1v) is 6.00. The van der Waals surface area contributed by atoms with Gasteiger partial charge in [0.1, 0.15) is 0 Å². The largest absolute Gasteiger partial charge is 0.415 e. The van der Waals surface area contributed by atoms with Crippen molar-refractivity contribution in [1.82, 2.24) is 10.2 Å². The number of carbonyl (C=O) groups excluding carboxylic acids is 1. The quantitative estimate of drug-likeness (QED) is 0.796. The fourth-order valence-electron chi connectivity index (χ4n) is 2.25. The molecule has 1 aliphatic rings. The van der Waals surface area contributed by atoms with Gasteiger partial charge in [-0.25, -0.2) is 0 Å². The molecule has 1 saturated heterocycles. The number of alkyl halides is 3. The van der Waals surface area contributed by atoms with Gasteiger partial charge in [0.05, 0.1) is 5.54 Å². The SMILES string of the molecule is CCC[C@@]1(C)C(=O)NCCN1C[C@@H](O)C(F)(F)F. The van der Waals surface area contributed by atoms with Gasteiger partial charge in [0.15, 0.2) is 6.10 Å². The van der Waals surface area contributed by atoms with Crippen LogP contribution in [-0.4, -0.2) is 53.4 Å². The van der Waals surface area contributed by atoms with Gasteiger partial charge in [-0.3, -0.25) is 9.69 Å². The van der Waals surface area contributed by atoms with Gasteiger partial charge in [-0.2, -0.15) is 13.2 Å². The fraction of sp³-hybridized carbons (Fsp3) is 0.909. The van der Waals surface area contributed by atoms with Crippen molar-refractivity contribution < 1.29 is 23.1 Å². The molecular formula is C11H19F3N2O2. The summed E-state index contributed by atoms with van der Waals surface area (Å²) >= 11 is 0. The summed E-state index contributed by atoms with van der Waals surface area (Å²) in [7, 11) is 0. The van der Waals surface area contributed by atoms with Crippen molar-refractivity contribution in [2.24, 2.45) is 0 Å². The van der Waals surface area contributed by atoms with E-state index in [9.17, 15) is 18.0 Å². The maximum atomic E-state index is 12.4. The molecule has 1 amide bonds. The van der Waals surface area contributed by atoms with Crippen LogP contribution in [0.4, 0.5) is 13.2 Å². The highest BCUT2D eigenvalue weighted by atomic mass is 19.4. The second kappa shape index (κ2) is 5.44. The highest BCUT2D eigenvalue weighted by Gasteiger charge is 2.46. The summed E-state index contributed by atoms with van der Waals surface area (Å²) < 4.78 is 37.1. The Morgan fingerprint density at radius 1 is 1.56 bits per heavy atom. The lowest BCUT2D eigenvalue weighted by molar-refractivity contribution is -0.212. The zero-order chi connectivity index (χ0) is 14.0. The lowest BCUT2D eigenvalue weighted by atomic mass is 9.90. The molecule has 0 aliphatic carbocycles. The van der Waals surface area contributed by atoms with Crippen molar-refractivity contribution in [3.8, 4) is 0 Å². The molecule has 0 spiro atoms. The Labute approximate surface area is 104 Å². The number of piperazine rings is 1. The number of β-amino-alcohol motifs (C(OH)–C–C–N with tert-alkyl or cyclic N) is 1. The minimum absolute atomic E-state index is 0.273. The molecule has 106 valence electrons. The third kappa shape index (κ3) is 3.14. The van der Waals surface area contributed by atoms with Gasteiger partial charge in [0.25, 0.3) is 0 Å². The van der Waals surface area contributed by atoms with Gasteiger partial charge in [0.2, 0.25) is 5.91 Å². The van der Waals surface area contributed by atoms with Crippen LogP contribution >= 0.6 is 0 Å². The van der Waals surface area contributed by atoms with Gasteiger partial charge in [-0.05, 0) is 13.3 Å². The second-order valence-corrected chi connectivity index (χ2v) is 4.78. The van der Waals surface area contributed by atoms with E-state index in [1.165, 1.54) is 4.90 Å². The molecule has 0 bridgehead atoms. The van der Waals surface area contributed by atoms with E-state index in [1.54, 1.807) is 6.92 Å². The number of aliphatic hydroxyl groups is 1. The van der Waals surface area contributed by atoms with Crippen molar-refractivity contribution in [2.45, 2.75) is 44.5 Å². The van der Waals surface area contributed by atoms with Crippen LogP contribution in [0.2, 0.25) is 0 Å². The molecule has 0 aromatic heterocycles. The molecule has 1 fully saturated rings. The number of nitrogens with one attached hydrogen (secondary N) is 1. The van der Waals surface area contributed by atoms with E-state index in [4.69, 9.17) is 5.11 Å². The number of aliphatic hydroxyl groups excluding tert-OH is 1. The Kier molecular flexibility index (Phi) is 4.61. The lowest BCUT2D eigenvalue weighted by Gasteiger charge is -2.44. The maximum Gasteiger partial charge on any atom is 0.415 e. The number of rotatable bonds is 4. The third-order valence-corrected chi connectivity index (χ3v) is 3.36.